The molecule has 0 saturated heterocycles. The zero-order valence-electron chi connectivity index (χ0n) is 10.2. The van der Waals surface area contributed by atoms with Crippen LogP contribution in [0.1, 0.15) is 11.1 Å². The number of benzene rings is 1. The van der Waals surface area contributed by atoms with Crippen molar-refractivity contribution in [1.29, 1.82) is 5.26 Å². The van der Waals surface area contributed by atoms with Crippen molar-refractivity contribution in [2.75, 3.05) is 6.61 Å². The van der Waals surface area contributed by atoms with E-state index in [2.05, 4.69) is 4.74 Å². The van der Waals surface area contributed by atoms with Gasteiger partial charge in [-0.1, -0.05) is 12.1 Å². The third-order valence-corrected chi connectivity index (χ3v) is 2.32. The Labute approximate surface area is 119 Å². The van der Waals surface area contributed by atoms with E-state index in [4.69, 9.17) is 11.0 Å². The Morgan fingerprint density at radius 2 is 1.90 bits per heavy atom. The Morgan fingerprint density at radius 3 is 2.35 bits per heavy atom. The molecule has 1 aromatic carbocycles. The van der Waals surface area contributed by atoms with E-state index in [-0.39, 0.29) is 18.8 Å². The van der Waals surface area contributed by atoms with Gasteiger partial charge >= 0.3 is 12.1 Å². The van der Waals surface area contributed by atoms with Gasteiger partial charge in [0.2, 0.25) is 0 Å². The number of nitriles is 1. The number of carbonyl (C=O) groups excluding carboxylic acids is 1. The van der Waals surface area contributed by atoms with Crippen molar-refractivity contribution in [1.82, 2.24) is 0 Å². The second-order valence-electron chi connectivity index (χ2n) is 3.77. The molecule has 20 heavy (non-hydrogen) atoms. The van der Waals surface area contributed by atoms with Crippen LogP contribution in [0.5, 0.6) is 0 Å². The highest BCUT2D eigenvalue weighted by molar-refractivity contribution is 5.85. The fraction of sp³-hybridized carbons (Fsp3) is 0.333. The predicted octanol–water partition coefficient (Wildman–Crippen LogP) is 2.06. The van der Waals surface area contributed by atoms with Crippen molar-refractivity contribution in [3.05, 3.63) is 35.4 Å². The van der Waals surface area contributed by atoms with Gasteiger partial charge in [0.25, 0.3) is 0 Å². The van der Waals surface area contributed by atoms with E-state index in [0.29, 0.717) is 5.56 Å². The van der Waals surface area contributed by atoms with Gasteiger partial charge in [-0.25, -0.2) is 0 Å². The lowest BCUT2D eigenvalue weighted by Gasteiger charge is -2.11. The second-order valence-corrected chi connectivity index (χ2v) is 3.77. The first kappa shape index (κ1) is 18.2. The molecule has 0 spiro atoms. The molecule has 0 unspecified atom stereocenters. The van der Waals surface area contributed by atoms with Crippen molar-refractivity contribution in [3.8, 4) is 6.07 Å². The predicted molar refractivity (Wildman–Crippen MR) is 66.9 cm³/mol. The smallest absolute Gasteiger partial charge is 0.416 e. The van der Waals surface area contributed by atoms with Crippen LogP contribution in [0.4, 0.5) is 13.2 Å². The summed E-state index contributed by atoms with van der Waals surface area (Å²) in [6, 6.07) is 4.95. The van der Waals surface area contributed by atoms with Gasteiger partial charge in [-0.2, -0.15) is 18.4 Å². The zero-order valence-corrected chi connectivity index (χ0v) is 11.0. The van der Waals surface area contributed by atoms with Crippen LogP contribution in [-0.2, 0) is 22.1 Å². The average Bonchev–Trinajstić information content (AvgIpc) is 2.35. The molecule has 0 bridgehead atoms. The summed E-state index contributed by atoms with van der Waals surface area (Å²) in [5.41, 5.74) is 5.22. The van der Waals surface area contributed by atoms with E-state index in [1.165, 1.54) is 12.1 Å². The molecule has 8 heteroatoms. The van der Waals surface area contributed by atoms with Crippen LogP contribution in [0, 0.1) is 11.3 Å². The Balaban J connectivity index is 0.00000361. The highest BCUT2D eigenvalue weighted by Gasteiger charge is 2.30. The van der Waals surface area contributed by atoms with Crippen molar-refractivity contribution in [2.24, 2.45) is 5.73 Å². The van der Waals surface area contributed by atoms with Gasteiger partial charge in [0.15, 0.2) is 6.61 Å². The molecule has 0 aliphatic rings. The van der Waals surface area contributed by atoms with E-state index >= 15 is 0 Å². The normalized spacial score (nSPS) is 11.9. The van der Waals surface area contributed by atoms with Crippen LogP contribution in [-0.4, -0.2) is 18.6 Å². The molecule has 0 amide bonds. The van der Waals surface area contributed by atoms with Gasteiger partial charge in [-0.05, 0) is 24.1 Å². The highest BCUT2D eigenvalue weighted by atomic mass is 35.5. The highest BCUT2D eigenvalue weighted by Crippen LogP contribution is 2.29. The monoisotopic (exact) mass is 308 g/mol. The van der Waals surface area contributed by atoms with Crippen molar-refractivity contribution in [2.45, 2.75) is 18.6 Å². The average molecular weight is 309 g/mol. The topological polar surface area (TPSA) is 76.1 Å². The first-order valence-corrected chi connectivity index (χ1v) is 5.30. The second kappa shape index (κ2) is 7.72. The summed E-state index contributed by atoms with van der Waals surface area (Å²) < 4.78 is 41.5. The quantitative estimate of drug-likeness (QED) is 0.864. The van der Waals surface area contributed by atoms with Crippen LogP contribution in [0.2, 0.25) is 0 Å². The summed E-state index contributed by atoms with van der Waals surface area (Å²) >= 11 is 0. The molecule has 0 fully saturated rings. The lowest BCUT2D eigenvalue weighted by molar-refractivity contribution is -0.143. The molecule has 0 heterocycles. The van der Waals surface area contributed by atoms with Crippen LogP contribution < -0.4 is 5.73 Å². The third-order valence-electron chi connectivity index (χ3n) is 2.32. The molecule has 0 aromatic heterocycles. The first-order valence-electron chi connectivity index (χ1n) is 5.30. The molecule has 2 N–H and O–H groups in total. The number of ether oxygens (including phenoxy) is 1. The fourth-order valence-corrected chi connectivity index (χ4v) is 1.38. The van der Waals surface area contributed by atoms with Crippen molar-refractivity contribution in [3.63, 3.8) is 0 Å². The molecule has 0 saturated carbocycles. The first-order chi connectivity index (χ1) is 8.84. The third kappa shape index (κ3) is 5.47. The van der Waals surface area contributed by atoms with Gasteiger partial charge < -0.3 is 10.5 Å². The molecule has 4 nitrogen and oxygen atoms in total. The molecule has 1 aromatic rings. The van der Waals surface area contributed by atoms with Gasteiger partial charge in [-0.15, -0.1) is 12.4 Å². The molecule has 0 aliphatic carbocycles. The maximum Gasteiger partial charge on any atom is 0.416 e. The summed E-state index contributed by atoms with van der Waals surface area (Å²) in [6.07, 6.45) is -4.35. The summed E-state index contributed by atoms with van der Waals surface area (Å²) in [5.74, 6) is -0.763. The maximum absolute atomic E-state index is 12.3. The summed E-state index contributed by atoms with van der Waals surface area (Å²) in [6.45, 7) is -0.403. The van der Waals surface area contributed by atoms with Gasteiger partial charge in [-0.3, -0.25) is 4.79 Å². The van der Waals surface area contributed by atoms with E-state index in [9.17, 15) is 18.0 Å². The maximum atomic E-state index is 12.3. The van der Waals surface area contributed by atoms with Crippen LogP contribution in [0.3, 0.4) is 0 Å². The van der Waals surface area contributed by atoms with Gasteiger partial charge in [0.1, 0.15) is 12.1 Å². The van der Waals surface area contributed by atoms with E-state index in [1.54, 1.807) is 6.07 Å². The number of rotatable bonds is 4. The molecular formula is C12H12ClF3N2O2. The zero-order chi connectivity index (χ0) is 14.5. The van der Waals surface area contributed by atoms with Crippen molar-refractivity contribution >= 4 is 18.4 Å². The number of hydrogen-bond acceptors (Lipinski definition) is 4. The molecule has 0 radical (unpaired) electrons. The summed E-state index contributed by atoms with van der Waals surface area (Å²) in [7, 11) is 0. The van der Waals surface area contributed by atoms with E-state index in [0.717, 1.165) is 12.1 Å². The Morgan fingerprint density at radius 1 is 1.35 bits per heavy atom. The van der Waals surface area contributed by atoms with Crippen LogP contribution in [0.15, 0.2) is 24.3 Å². The molecular weight excluding hydrogens is 297 g/mol. The molecule has 1 rings (SSSR count). The number of nitrogens with two attached hydrogens (primary N) is 1. The lowest BCUT2D eigenvalue weighted by Crippen LogP contribution is -2.34. The largest absolute Gasteiger partial charge is 0.449 e. The van der Waals surface area contributed by atoms with Gasteiger partial charge in [0, 0.05) is 0 Å². The molecule has 110 valence electrons. The minimum absolute atomic E-state index is 0. The van der Waals surface area contributed by atoms with E-state index in [1.807, 2.05) is 0 Å². The van der Waals surface area contributed by atoms with Crippen molar-refractivity contribution < 1.29 is 22.7 Å². The van der Waals surface area contributed by atoms with E-state index < -0.39 is 30.4 Å². The fourth-order valence-electron chi connectivity index (χ4n) is 1.38. The number of hydrogen-bond donors (Lipinski definition) is 1. The Hall–Kier alpha value is -1.78. The van der Waals surface area contributed by atoms with Crippen LogP contribution in [0.25, 0.3) is 0 Å². The number of alkyl halides is 3. The molecule has 1 atom stereocenters. The summed E-state index contributed by atoms with van der Waals surface area (Å²) in [5, 5.41) is 8.22. The minimum Gasteiger partial charge on any atom is -0.449 e. The number of carbonyl (C=O) groups is 1. The summed E-state index contributed by atoms with van der Waals surface area (Å²) in [4.78, 5) is 11.3. The SMILES string of the molecule is Cl.N#CCOC(=O)[C@@H](N)Cc1ccc(C(F)(F)F)cc1. The Bertz CT molecular complexity index is 483. The Kier molecular flexibility index (Phi) is 7.04. The number of nitrogens with zero attached hydrogens (tertiary/aromatic N) is 1. The van der Waals surface area contributed by atoms with Gasteiger partial charge in [0.05, 0.1) is 5.56 Å². The number of esters is 1. The lowest BCUT2D eigenvalue weighted by atomic mass is 10.0. The standard InChI is InChI=1S/C12H11F3N2O2.ClH/c13-12(14,15)9-3-1-8(2-4-9)7-10(17)11(18)19-6-5-16;/h1-4,10H,6-7,17H2;1H/t10-;/m0./s1. The number of halogens is 4. The minimum atomic E-state index is -4.40. The molecule has 0 aliphatic heterocycles. The van der Waals surface area contributed by atoms with Crippen LogP contribution >= 0.6 is 12.4 Å².